The summed E-state index contributed by atoms with van der Waals surface area (Å²) in [4.78, 5) is 11.4. The SMILES string of the molecule is NC(Cc1ccc(Br)cc1)c1ccc2c(c1)CC(=O)N2. The lowest BCUT2D eigenvalue weighted by molar-refractivity contribution is -0.115. The molecule has 0 radical (unpaired) electrons. The third-order valence-corrected chi connectivity index (χ3v) is 4.08. The zero-order chi connectivity index (χ0) is 14.1. The van der Waals surface area contributed by atoms with Crippen molar-refractivity contribution in [2.75, 3.05) is 5.32 Å². The van der Waals surface area contributed by atoms with Crippen molar-refractivity contribution in [2.45, 2.75) is 18.9 Å². The topological polar surface area (TPSA) is 55.1 Å². The minimum absolute atomic E-state index is 0.0543. The highest BCUT2D eigenvalue weighted by molar-refractivity contribution is 9.10. The largest absolute Gasteiger partial charge is 0.326 e. The number of anilines is 1. The maximum absolute atomic E-state index is 11.4. The van der Waals surface area contributed by atoms with E-state index >= 15 is 0 Å². The summed E-state index contributed by atoms with van der Waals surface area (Å²) in [7, 11) is 0. The third kappa shape index (κ3) is 2.76. The van der Waals surface area contributed by atoms with Crippen LogP contribution < -0.4 is 11.1 Å². The highest BCUT2D eigenvalue weighted by Crippen LogP contribution is 2.27. The number of hydrogen-bond donors (Lipinski definition) is 2. The first kappa shape index (κ1) is 13.3. The van der Waals surface area contributed by atoms with Gasteiger partial charge in [0, 0.05) is 16.2 Å². The first-order valence-corrected chi connectivity index (χ1v) is 7.34. The molecule has 0 fully saturated rings. The average molecular weight is 331 g/mol. The van der Waals surface area contributed by atoms with Crippen LogP contribution >= 0.6 is 15.9 Å². The van der Waals surface area contributed by atoms with Crippen molar-refractivity contribution in [3.63, 3.8) is 0 Å². The van der Waals surface area contributed by atoms with Crippen molar-refractivity contribution in [3.8, 4) is 0 Å². The van der Waals surface area contributed by atoms with Gasteiger partial charge in [-0.2, -0.15) is 0 Å². The predicted octanol–water partition coefficient (Wildman–Crippen LogP) is 3.19. The second-order valence-corrected chi connectivity index (χ2v) is 5.99. The Labute approximate surface area is 126 Å². The molecule has 1 amide bonds. The lowest BCUT2D eigenvalue weighted by atomic mass is 9.97. The molecule has 2 aromatic rings. The van der Waals surface area contributed by atoms with Gasteiger partial charge in [-0.1, -0.05) is 40.2 Å². The molecule has 1 atom stereocenters. The van der Waals surface area contributed by atoms with E-state index in [1.54, 1.807) is 0 Å². The van der Waals surface area contributed by atoms with E-state index in [1.807, 2.05) is 30.3 Å². The van der Waals surface area contributed by atoms with E-state index in [0.717, 1.165) is 27.7 Å². The molecule has 0 bridgehead atoms. The van der Waals surface area contributed by atoms with Crippen molar-refractivity contribution in [3.05, 3.63) is 63.6 Å². The van der Waals surface area contributed by atoms with Crippen LogP contribution in [0.4, 0.5) is 5.69 Å². The maximum Gasteiger partial charge on any atom is 0.228 e. The molecule has 4 heteroatoms. The van der Waals surface area contributed by atoms with Gasteiger partial charge in [-0.3, -0.25) is 4.79 Å². The normalized spacial score (nSPS) is 14.8. The van der Waals surface area contributed by atoms with Crippen LogP contribution in [0.5, 0.6) is 0 Å². The molecule has 0 saturated heterocycles. The van der Waals surface area contributed by atoms with Crippen LogP contribution in [0.25, 0.3) is 0 Å². The molecular weight excluding hydrogens is 316 g/mol. The molecule has 102 valence electrons. The van der Waals surface area contributed by atoms with Crippen molar-refractivity contribution >= 4 is 27.5 Å². The van der Waals surface area contributed by atoms with Crippen LogP contribution in [0.15, 0.2) is 46.9 Å². The molecule has 0 aliphatic carbocycles. The van der Waals surface area contributed by atoms with Crippen LogP contribution in [0.3, 0.4) is 0 Å². The first-order valence-electron chi connectivity index (χ1n) is 6.54. The van der Waals surface area contributed by atoms with E-state index in [1.165, 1.54) is 5.56 Å². The number of rotatable bonds is 3. The lowest BCUT2D eigenvalue weighted by Crippen LogP contribution is -2.13. The summed E-state index contributed by atoms with van der Waals surface area (Å²) in [5, 5.41) is 2.83. The molecule has 3 rings (SSSR count). The average Bonchev–Trinajstić information content (AvgIpc) is 2.80. The number of nitrogens with one attached hydrogen (secondary N) is 1. The Kier molecular flexibility index (Phi) is 3.59. The van der Waals surface area contributed by atoms with E-state index in [4.69, 9.17) is 5.73 Å². The Balaban J connectivity index is 1.77. The van der Waals surface area contributed by atoms with E-state index in [-0.39, 0.29) is 11.9 Å². The molecule has 1 unspecified atom stereocenters. The van der Waals surface area contributed by atoms with E-state index in [9.17, 15) is 4.79 Å². The first-order chi connectivity index (χ1) is 9.61. The Hall–Kier alpha value is -1.65. The summed E-state index contributed by atoms with van der Waals surface area (Å²) in [6.45, 7) is 0. The third-order valence-electron chi connectivity index (χ3n) is 3.55. The molecule has 2 aromatic carbocycles. The van der Waals surface area contributed by atoms with Gasteiger partial charge >= 0.3 is 0 Å². The number of carbonyl (C=O) groups excluding carboxylic acids is 1. The monoisotopic (exact) mass is 330 g/mol. The molecule has 0 aromatic heterocycles. The molecule has 20 heavy (non-hydrogen) atoms. The van der Waals surface area contributed by atoms with Crippen molar-refractivity contribution < 1.29 is 4.79 Å². The zero-order valence-corrected chi connectivity index (χ0v) is 12.5. The summed E-state index contributed by atoms with van der Waals surface area (Å²) in [6.07, 6.45) is 1.24. The van der Waals surface area contributed by atoms with Gasteiger partial charge in [0.1, 0.15) is 0 Å². The van der Waals surface area contributed by atoms with Gasteiger partial charge in [0.25, 0.3) is 0 Å². The van der Waals surface area contributed by atoms with Crippen LogP contribution in [0, 0.1) is 0 Å². The summed E-state index contributed by atoms with van der Waals surface area (Å²) in [5.74, 6) is 0.0543. The Morgan fingerprint density at radius 3 is 2.70 bits per heavy atom. The fraction of sp³-hybridized carbons (Fsp3) is 0.188. The summed E-state index contributed by atoms with van der Waals surface area (Å²) in [6, 6.07) is 14.1. The zero-order valence-electron chi connectivity index (χ0n) is 10.9. The predicted molar refractivity (Wildman–Crippen MR) is 83.6 cm³/mol. The van der Waals surface area contributed by atoms with Gasteiger partial charge in [0.2, 0.25) is 5.91 Å². The number of carbonyl (C=O) groups is 1. The maximum atomic E-state index is 11.4. The van der Waals surface area contributed by atoms with Crippen molar-refractivity contribution in [2.24, 2.45) is 5.73 Å². The minimum atomic E-state index is -0.0582. The standard InChI is InChI=1S/C16H15BrN2O/c17-13-4-1-10(2-5-13)7-14(18)11-3-6-15-12(8-11)9-16(20)19-15/h1-6,8,14H,7,9,18H2,(H,19,20). The minimum Gasteiger partial charge on any atom is -0.326 e. The molecule has 1 heterocycles. The van der Waals surface area contributed by atoms with Gasteiger partial charge < -0.3 is 11.1 Å². The molecule has 3 N–H and O–H groups in total. The van der Waals surface area contributed by atoms with Crippen LogP contribution in [0.2, 0.25) is 0 Å². The summed E-state index contributed by atoms with van der Waals surface area (Å²) >= 11 is 3.43. The summed E-state index contributed by atoms with van der Waals surface area (Å²) < 4.78 is 1.07. The molecule has 3 nitrogen and oxygen atoms in total. The number of halogens is 1. The number of amides is 1. The van der Waals surface area contributed by atoms with Crippen LogP contribution in [0.1, 0.15) is 22.7 Å². The highest BCUT2D eigenvalue weighted by Gasteiger charge is 2.18. The van der Waals surface area contributed by atoms with E-state index in [2.05, 4.69) is 33.4 Å². The van der Waals surface area contributed by atoms with Crippen molar-refractivity contribution in [1.82, 2.24) is 0 Å². The second-order valence-electron chi connectivity index (χ2n) is 5.08. The molecule has 0 spiro atoms. The molecule has 1 aliphatic heterocycles. The lowest BCUT2D eigenvalue weighted by Gasteiger charge is -2.13. The Bertz CT molecular complexity index is 652. The van der Waals surface area contributed by atoms with Crippen molar-refractivity contribution in [1.29, 1.82) is 0 Å². The van der Waals surface area contributed by atoms with Gasteiger partial charge in [-0.25, -0.2) is 0 Å². The Morgan fingerprint density at radius 2 is 1.95 bits per heavy atom. The summed E-state index contributed by atoms with van der Waals surface area (Å²) in [5.41, 5.74) is 10.5. The fourth-order valence-electron chi connectivity index (χ4n) is 2.47. The number of nitrogens with two attached hydrogens (primary N) is 1. The quantitative estimate of drug-likeness (QED) is 0.908. The fourth-order valence-corrected chi connectivity index (χ4v) is 2.74. The van der Waals surface area contributed by atoms with Gasteiger partial charge in [0.15, 0.2) is 0 Å². The molecular formula is C16H15BrN2O. The number of hydrogen-bond acceptors (Lipinski definition) is 2. The smallest absolute Gasteiger partial charge is 0.228 e. The highest BCUT2D eigenvalue weighted by atomic mass is 79.9. The number of benzene rings is 2. The Morgan fingerprint density at radius 1 is 1.20 bits per heavy atom. The van der Waals surface area contributed by atoms with Gasteiger partial charge in [-0.05, 0) is 41.3 Å². The van der Waals surface area contributed by atoms with E-state index < -0.39 is 0 Å². The van der Waals surface area contributed by atoms with Gasteiger partial charge in [-0.15, -0.1) is 0 Å². The van der Waals surface area contributed by atoms with Crippen LogP contribution in [-0.2, 0) is 17.6 Å². The van der Waals surface area contributed by atoms with Gasteiger partial charge in [0.05, 0.1) is 6.42 Å². The molecule has 1 aliphatic rings. The molecule has 0 saturated carbocycles. The number of fused-ring (bicyclic) bond motifs is 1. The second kappa shape index (κ2) is 5.38. The van der Waals surface area contributed by atoms with E-state index in [0.29, 0.717) is 6.42 Å². The van der Waals surface area contributed by atoms with Crippen LogP contribution in [-0.4, -0.2) is 5.91 Å².